The molecule has 5 N–H and O–H groups in total. The van der Waals surface area contributed by atoms with Crippen molar-refractivity contribution < 1.29 is 18.7 Å². The van der Waals surface area contributed by atoms with E-state index in [1.807, 2.05) is 6.07 Å². The van der Waals surface area contributed by atoms with Crippen LogP contribution in [-0.2, 0) is 19.9 Å². The SMILES string of the molecule is O=C(O)CNc1nc(NNc2ccc(N=[S-](=O)O)cc2)cc(-c2cccnc2)n1. The van der Waals surface area contributed by atoms with Gasteiger partial charge in [0.1, 0.15) is 6.54 Å². The van der Waals surface area contributed by atoms with Crippen molar-refractivity contribution in [1.82, 2.24) is 15.0 Å². The minimum absolute atomic E-state index is 0.137. The largest absolute Gasteiger partial charge is 0.480 e. The predicted octanol–water partition coefficient (Wildman–Crippen LogP) is 2.73. The van der Waals surface area contributed by atoms with Crippen molar-refractivity contribution in [1.29, 1.82) is 0 Å². The summed E-state index contributed by atoms with van der Waals surface area (Å²) in [5.74, 6) is -0.517. The van der Waals surface area contributed by atoms with Gasteiger partial charge in [0.05, 0.1) is 11.4 Å². The molecule has 150 valence electrons. The third-order valence-electron chi connectivity index (χ3n) is 3.47. The Hall–Kier alpha value is -3.77. The second-order valence-corrected chi connectivity index (χ2v) is 6.21. The molecule has 0 aliphatic rings. The summed E-state index contributed by atoms with van der Waals surface area (Å²) in [7, 11) is -2.27. The zero-order valence-electron chi connectivity index (χ0n) is 14.8. The highest BCUT2D eigenvalue weighted by molar-refractivity contribution is 7.68. The number of hydrogen-bond acceptors (Lipinski definition) is 10. The average molecular weight is 414 g/mol. The van der Waals surface area contributed by atoms with Gasteiger partial charge in [-0.15, -0.1) is 0 Å². The quantitative estimate of drug-likeness (QED) is 0.210. The molecule has 2 heterocycles. The van der Waals surface area contributed by atoms with E-state index < -0.39 is 16.8 Å². The summed E-state index contributed by atoms with van der Waals surface area (Å²) in [4.78, 5) is 23.4. The highest BCUT2D eigenvalue weighted by Crippen LogP contribution is 2.21. The molecule has 29 heavy (non-hydrogen) atoms. The number of hydrazine groups is 1. The average Bonchev–Trinajstić information content (AvgIpc) is 2.72. The maximum absolute atomic E-state index is 10.8. The molecular formula is C17H16N7O4S-. The number of nitrogens with one attached hydrogen (secondary N) is 3. The molecule has 12 heteroatoms. The van der Waals surface area contributed by atoms with E-state index in [-0.39, 0.29) is 12.5 Å². The molecule has 0 fully saturated rings. The fourth-order valence-electron chi connectivity index (χ4n) is 2.24. The first-order valence-corrected chi connectivity index (χ1v) is 9.26. The van der Waals surface area contributed by atoms with Gasteiger partial charge in [-0.25, -0.2) is 4.98 Å². The van der Waals surface area contributed by atoms with Gasteiger partial charge in [0, 0.05) is 29.7 Å². The number of aliphatic carboxylic acids is 1. The van der Waals surface area contributed by atoms with Crippen LogP contribution in [0.5, 0.6) is 0 Å². The van der Waals surface area contributed by atoms with Crippen LogP contribution in [0.1, 0.15) is 0 Å². The molecule has 3 aromatic rings. The van der Waals surface area contributed by atoms with Crippen LogP contribution in [0, 0.1) is 0 Å². The molecule has 3 rings (SSSR count). The summed E-state index contributed by atoms with van der Waals surface area (Å²) in [6, 6.07) is 11.7. The number of nitrogens with zero attached hydrogens (tertiary/aromatic N) is 4. The number of aromatic nitrogens is 3. The van der Waals surface area contributed by atoms with Crippen molar-refractivity contribution in [2.75, 3.05) is 22.7 Å². The second kappa shape index (κ2) is 9.43. The minimum atomic E-state index is -2.27. The molecule has 0 saturated carbocycles. The molecule has 0 atom stereocenters. The van der Waals surface area contributed by atoms with Crippen molar-refractivity contribution in [2.24, 2.45) is 4.36 Å². The Labute approximate surface area is 167 Å². The fraction of sp³-hybridized carbons (Fsp3) is 0.0588. The third kappa shape index (κ3) is 6.12. The van der Waals surface area contributed by atoms with E-state index in [0.717, 1.165) is 5.56 Å². The maximum atomic E-state index is 10.8. The molecule has 0 aliphatic carbocycles. The van der Waals surface area contributed by atoms with Crippen molar-refractivity contribution >= 4 is 40.0 Å². The molecule has 0 amide bonds. The van der Waals surface area contributed by atoms with Gasteiger partial charge < -0.3 is 23.5 Å². The van der Waals surface area contributed by atoms with Crippen molar-refractivity contribution in [3.05, 3.63) is 54.9 Å². The summed E-state index contributed by atoms with van der Waals surface area (Å²) < 4.78 is 23.0. The van der Waals surface area contributed by atoms with Crippen LogP contribution >= 0.6 is 0 Å². The van der Waals surface area contributed by atoms with Gasteiger partial charge in [-0.2, -0.15) is 4.98 Å². The summed E-state index contributed by atoms with van der Waals surface area (Å²) in [6.07, 6.45) is 3.27. The molecule has 11 nitrogen and oxygen atoms in total. The highest BCUT2D eigenvalue weighted by atomic mass is 32.2. The number of pyridine rings is 1. The number of carboxylic acid groups (broad SMARTS) is 1. The summed E-state index contributed by atoms with van der Waals surface area (Å²) in [5, 5.41) is 11.5. The molecule has 2 aromatic heterocycles. The molecule has 0 spiro atoms. The maximum Gasteiger partial charge on any atom is 0.322 e. The lowest BCUT2D eigenvalue weighted by molar-refractivity contribution is -0.134. The molecule has 1 aromatic carbocycles. The van der Waals surface area contributed by atoms with Crippen LogP contribution in [0.2, 0.25) is 0 Å². The van der Waals surface area contributed by atoms with Gasteiger partial charge in [0.25, 0.3) is 0 Å². The van der Waals surface area contributed by atoms with Crippen LogP contribution in [-0.4, -0.2) is 37.1 Å². The Morgan fingerprint density at radius 3 is 2.59 bits per heavy atom. The molecule has 0 unspecified atom stereocenters. The number of rotatable bonds is 8. The number of carboxylic acids is 1. The predicted molar refractivity (Wildman–Crippen MR) is 108 cm³/mol. The minimum Gasteiger partial charge on any atom is -0.480 e. The van der Waals surface area contributed by atoms with Crippen molar-refractivity contribution in [2.45, 2.75) is 0 Å². The van der Waals surface area contributed by atoms with E-state index in [9.17, 15) is 9.00 Å². The third-order valence-corrected chi connectivity index (χ3v) is 3.83. The lowest BCUT2D eigenvalue weighted by Gasteiger charge is -2.12. The van der Waals surface area contributed by atoms with E-state index in [0.29, 0.717) is 22.9 Å². The Kier molecular flexibility index (Phi) is 6.50. The first kappa shape index (κ1) is 20.0. The Balaban J connectivity index is 1.79. The van der Waals surface area contributed by atoms with Crippen molar-refractivity contribution in [3.63, 3.8) is 0 Å². The summed E-state index contributed by atoms with van der Waals surface area (Å²) in [5.41, 5.74) is 8.13. The number of benzene rings is 1. The van der Waals surface area contributed by atoms with Crippen LogP contribution in [0.4, 0.5) is 23.1 Å². The monoisotopic (exact) mass is 414 g/mol. The normalized spacial score (nSPS) is 11.6. The number of hydrogen-bond donors (Lipinski definition) is 5. The topological polar surface area (TPSA) is 162 Å². The molecular weight excluding hydrogens is 398 g/mol. The smallest absolute Gasteiger partial charge is 0.322 e. The zero-order chi connectivity index (χ0) is 20.6. The van der Waals surface area contributed by atoms with E-state index in [1.165, 1.54) is 0 Å². The van der Waals surface area contributed by atoms with Crippen molar-refractivity contribution in [3.8, 4) is 11.3 Å². The summed E-state index contributed by atoms with van der Waals surface area (Å²) in [6.45, 7) is -0.333. The highest BCUT2D eigenvalue weighted by Gasteiger charge is 2.08. The molecule has 0 radical (unpaired) electrons. The first-order chi connectivity index (χ1) is 14.0. The van der Waals surface area contributed by atoms with E-state index in [4.69, 9.17) is 9.66 Å². The zero-order valence-corrected chi connectivity index (χ0v) is 15.6. The second-order valence-electron chi connectivity index (χ2n) is 5.57. The van der Waals surface area contributed by atoms with E-state index in [2.05, 4.69) is 35.5 Å². The van der Waals surface area contributed by atoms with Crippen LogP contribution in [0.25, 0.3) is 11.3 Å². The van der Waals surface area contributed by atoms with Gasteiger partial charge in [0.15, 0.2) is 5.82 Å². The Morgan fingerprint density at radius 2 is 1.93 bits per heavy atom. The fourth-order valence-corrected chi connectivity index (χ4v) is 2.54. The summed E-state index contributed by atoms with van der Waals surface area (Å²) >= 11 is 0. The Morgan fingerprint density at radius 1 is 1.14 bits per heavy atom. The number of anilines is 3. The first-order valence-electron chi connectivity index (χ1n) is 8.19. The lowest BCUT2D eigenvalue weighted by Crippen LogP contribution is -2.16. The van der Waals surface area contributed by atoms with Crippen LogP contribution in [0.3, 0.4) is 0 Å². The van der Waals surface area contributed by atoms with E-state index >= 15 is 0 Å². The van der Waals surface area contributed by atoms with Gasteiger partial charge in [0.2, 0.25) is 5.95 Å². The molecule has 0 saturated heterocycles. The van der Waals surface area contributed by atoms with Gasteiger partial charge in [-0.3, -0.25) is 20.6 Å². The number of carbonyl (C=O) groups is 1. The Bertz CT molecular complexity index is 1070. The van der Waals surface area contributed by atoms with Crippen LogP contribution < -0.4 is 16.2 Å². The van der Waals surface area contributed by atoms with E-state index in [1.54, 1.807) is 48.8 Å². The van der Waals surface area contributed by atoms with Gasteiger partial charge in [-0.05, 0) is 36.4 Å². The standard InChI is InChI=1S/C17H16N7O4S/c25-16(26)10-19-17-20-14(11-2-1-7-18-9-11)8-15(21-17)23-22-12-3-5-13(6-4-12)24-29(27)28/h1-9,22H,10H2,(H,25,26)(H,24,27,28)(H2,19,20,21,23)/q-1. The van der Waals surface area contributed by atoms with Gasteiger partial charge in [-0.1, -0.05) is 10.9 Å². The molecule has 0 aliphatic heterocycles. The van der Waals surface area contributed by atoms with Gasteiger partial charge >= 0.3 is 5.97 Å². The molecule has 0 bridgehead atoms. The lowest BCUT2D eigenvalue weighted by atomic mass is 10.2. The van der Waals surface area contributed by atoms with Crippen LogP contribution in [0.15, 0.2) is 59.2 Å².